The van der Waals surface area contributed by atoms with Crippen molar-refractivity contribution in [1.29, 1.82) is 0 Å². The zero-order valence-corrected chi connectivity index (χ0v) is 16.4. The molecule has 0 N–H and O–H groups in total. The van der Waals surface area contributed by atoms with Crippen molar-refractivity contribution in [3.05, 3.63) is 41.1 Å². The molecule has 0 unspecified atom stereocenters. The normalized spacial score (nSPS) is 18.2. The largest absolute Gasteiger partial charge is 0.496 e. The maximum Gasteiger partial charge on any atom is 0.459 e. The molecule has 1 aromatic carbocycles. The molecule has 0 aromatic heterocycles. The van der Waals surface area contributed by atoms with Crippen molar-refractivity contribution in [3.63, 3.8) is 0 Å². The molecule has 1 heterocycles. The van der Waals surface area contributed by atoms with Crippen molar-refractivity contribution >= 4 is 17.0 Å². The molecule has 1 atom stereocenters. The molecule has 0 radical (unpaired) electrons. The molecule has 15 heteroatoms. The molecule has 0 bridgehead atoms. The average molecular weight is 503 g/mol. The summed E-state index contributed by atoms with van der Waals surface area (Å²) in [4.78, 5) is 11.3. The molecule has 0 spiro atoms. The summed E-state index contributed by atoms with van der Waals surface area (Å²) < 4.78 is 151. The Morgan fingerprint density at radius 2 is 1.53 bits per heavy atom. The fourth-order valence-corrected chi connectivity index (χ4v) is 3.98. The van der Waals surface area contributed by atoms with Gasteiger partial charge in [-0.05, 0) is 18.1 Å². The van der Waals surface area contributed by atoms with E-state index in [4.69, 9.17) is 4.74 Å². The SMILES string of the molecule is COc1ccccc1C[C@H]1CSC(=O)N1C(=C(C(F)(F)F)C(F)(F)F)C(F)(F)C(F)(F)F. The lowest BCUT2D eigenvalue weighted by molar-refractivity contribution is -0.274. The van der Waals surface area contributed by atoms with Crippen molar-refractivity contribution in [1.82, 2.24) is 4.90 Å². The first-order valence-corrected chi connectivity index (χ1v) is 9.33. The topological polar surface area (TPSA) is 29.5 Å². The lowest BCUT2D eigenvalue weighted by Crippen LogP contribution is -2.51. The van der Waals surface area contributed by atoms with Crippen LogP contribution in [-0.4, -0.2) is 53.5 Å². The first kappa shape index (κ1) is 26.1. The Balaban J connectivity index is 2.79. The number of methoxy groups -OCH3 is 1. The predicted molar refractivity (Wildman–Crippen MR) is 90.3 cm³/mol. The third-order valence-corrected chi connectivity index (χ3v) is 5.30. The van der Waals surface area contributed by atoms with E-state index in [0.29, 0.717) is 0 Å². The van der Waals surface area contributed by atoms with E-state index in [-0.39, 0.29) is 23.1 Å². The highest BCUT2D eigenvalue weighted by Gasteiger charge is 2.69. The summed E-state index contributed by atoms with van der Waals surface area (Å²) in [6, 6.07) is 3.51. The van der Waals surface area contributed by atoms with Crippen LogP contribution >= 0.6 is 11.8 Å². The van der Waals surface area contributed by atoms with Crippen LogP contribution in [0.1, 0.15) is 5.56 Å². The number of carbonyl (C=O) groups excluding carboxylic acids is 1. The Morgan fingerprint density at radius 3 is 2.00 bits per heavy atom. The monoisotopic (exact) mass is 503 g/mol. The minimum absolute atomic E-state index is 0.0166. The van der Waals surface area contributed by atoms with Crippen LogP contribution in [0.4, 0.5) is 53.1 Å². The lowest BCUT2D eigenvalue weighted by Gasteiger charge is -2.35. The number of para-hydroxylation sites is 1. The maximum atomic E-state index is 14.2. The van der Waals surface area contributed by atoms with E-state index >= 15 is 0 Å². The number of rotatable bonds is 5. The van der Waals surface area contributed by atoms with Gasteiger partial charge in [-0.1, -0.05) is 30.0 Å². The number of nitrogens with zero attached hydrogens (tertiary/aromatic N) is 1. The van der Waals surface area contributed by atoms with Crippen molar-refractivity contribution < 1.29 is 57.8 Å². The van der Waals surface area contributed by atoms with E-state index < -0.39 is 64.1 Å². The van der Waals surface area contributed by atoms with Gasteiger partial charge in [0.2, 0.25) is 0 Å². The average Bonchev–Trinajstić information content (AvgIpc) is 2.96. The zero-order chi connectivity index (χ0) is 24.7. The number of carbonyl (C=O) groups is 1. The van der Waals surface area contributed by atoms with Gasteiger partial charge in [-0.25, -0.2) is 0 Å². The zero-order valence-electron chi connectivity index (χ0n) is 15.6. The number of benzene rings is 1. The molecule has 1 aliphatic heterocycles. The number of ether oxygens (including phenoxy) is 1. The van der Waals surface area contributed by atoms with Gasteiger partial charge in [0.25, 0.3) is 5.24 Å². The molecule has 32 heavy (non-hydrogen) atoms. The Kier molecular flexibility index (Phi) is 7.03. The second kappa shape index (κ2) is 8.63. The van der Waals surface area contributed by atoms with Gasteiger partial charge in [0.15, 0.2) is 5.57 Å². The number of thioether (sulfide) groups is 1. The first-order valence-electron chi connectivity index (χ1n) is 8.34. The molecule has 1 aliphatic rings. The molecule has 180 valence electrons. The summed E-state index contributed by atoms with van der Waals surface area (Å²) >= 11 is 0.0166. The number of hydrogen-bond acceptors (Lipinski definition) is 3. The third kappa shape index (κ3) is 5.07. The van der Waals surface area contributed by atoms with Crippen LogP contribution < -0.4 is 4.74 Å². The number of halogens is 11. The fourth-order valence-electron chi connectivity index (χ4n) is 3.00. The summed E-state index contributed by atoms with van der Waals surface area (Å²) in [6.07, 6.45) is -20.9. The van der Waals surface area contributed by atoms with Crippen LogP contribution in [0.3, 0.4) is 0 Å². The van der Waals surface area contributed by atoms with E-state index in [9.17, 15) is 53.1 Å². The molecule has 1 aromatic rings. The third-order valence-electron chi connectivity index (χ3n) is 4.31. The maximum absolute atomic E-state index is 14.2. The summed E-state index contributed by atoms with van der Waals surface area (Å²) in [5.74, 6) is -7.25. The fraction of sp³-hybridized carbons (Fsp3) is 0.471. The van der Waals surface area contributed by atoms with Gasteiger partial charge >= 0.3 is 24.5 Å². The highest BCUT2D eigenvalue weighted by atomic mass is 32.2. The number of alkyl halides is 11. The number of amides is 1. The van der Waals surface area contributed by atoms with Crippen LogP contribution in [0.15, 0.2) is 35.5 Å². The van der Waals surface area contributed by atoms with Gasteiger partial charge < -0.3 is 4.74 Å². The molecule has 0 aliphatic carbocycles. The Morgan fingerprint density at radius 1 is 1.00 bits per heavy atom. The van der Waals surface area contributed by atoms with E-state index in [1.807, 2.05) is 0 Å². The summed E-state index contributed by atoms with van der Waals surface area (Å²) in [7, 11) is 1.15. The van der Waals surface area contributed by atoms with Crippen LogP contribution in [0.25, 0.3) is 0 Å². The van der Waals surface area contributed by atoms with Gasteiger partial charge in [0.05, 0.1) is 13.2 Å². The van der Waals surface area contributed by atoms with Gasteiger partial charge in [0.1, 0.15) is 11.4 Å². The van der Waals surface area contributed by atoms with Gasteiger partial charge in [-0.15, -0.1) is 0 Å². The Bertz CT molecular complexity index is 874. The van der Waals surface area contributed by atoms with Crippen LogP contribution in [0.2, 0.25) is 0 Å². The second-order valence-electron chi connectivity index (χ2n) is 6.41. The smallest absolute Gasteiger partial charge is 0.459 e. The van der Waals surface area contributed by atoms with Crippen LogP contribution in [-0.2, 0) is 6.42 Å². The lowest BCUT2D eigenvalue weighted by atomic mass is 10.0. The molecular formula is C17H12F11NO2S. The van der Waals surface area contributed by atoms with Crippen molar-refractivity contribution in [2.75, 3.05) is 12.9 Å². The number of allylic oxidation sites excluding steroid dienone is 2. The van der Waals surface area contributed by atoms with Crippen molar-refractivity contribution in [2.45, 2.75) is 36.9 Å². The predicted octanol–water partition coefficient (Wildman–Crippen LogP) is 6.35. The molecule has 0 saturated carbocycles. The van der Waals surface area contributed by atoms with E-state index in [1.54, 1.807) is 0 Å². The Hall–Kier alpha value is -2.19. The van der Waals surface area contributed by atoms with Crippen molar-refractivity contribution in [2.24, 2.45) is 0 Å². The van der Waals surface area contributed by atoms with Crippen LogP contribution in [0.5, 0.6) is 5.75 Å². The standard InChI is InChI=1S/C17H12F11NO2S/c1-31-10-5-3-2-4-8(10)6-9-7-32-13(30)29(9)12(14(18,19)17(26,27)28)11(15(20,21)22)16(23,24)25/h2-5,9H,6-7H2,1H3/t9-/m0/s1. The summed E-state index contributed by atoms with van der Waals surface area (Å²) in [6.45, 7) is 0. The van der Waals surface area contributed by atoms with Crippen molar-refractivity contribution in [3.8, 4) is 5.75 Å². The quantitative estimate of drug-likeness (QED) is 0.439. The van der Waals surface area contributed by atoms with E-state index in [2.05, 4.69) is 0 Å². The Labute approximate surface area is 177 Å². The molecule has 3 nitrogen and oxygen atoms in total. The molecule has 1 saturated heterocycles. The minimum Gasteiger partial charge on any atom is -0.496 e. The highest BCUT2D eigenvalue weighted by Crippen LogP contribution is 2.52. The highest BCUT2D eigenvalue weighted by molar-refractivity contribution is 8.13. The van der Waals surface area contributed by atoms with Crippen LogP contribution in [0, 0.1) is 0 Å². The van der Waals surface area contributed by atoms with Gasteiger partial charge in [0, 0.05) is 5.75 Å². The van der Waals surface area contributed by atoms with Gasteiger partial charge in [-0.3, -0.25) is 9.69 Å². The summed E-state index contributed by atoms with van der Waals surface area (Å²) in [5.41, 5.74) is -7.54. The van der Waals surface area contributed by atoms with E-state index in [0.717, 1.165) is 7.11 Å². The van der Waals surface area contributed by atoms with E-state index in [1.165, 1.54) is 24.3 Å². The minimum atomic E-state index is -6.85. The number of hydrogen-bond donors (Lipinski definition) is 0. The summed E-state index contributed by atoms with van der Waals surface area (Å²) in [5, 5.41) is -1.81. The molecule has 2 rings (SSSR count). The molecule has 1 fully saturated rings. The first-order chi connectivity index (χ1) is 14.4. The van der Waals surface area contributed by atoms with Gasteiger partial charge in [-0.2, -0.15) is 48.3 Å². The molecule has 1 amide bonds. The molecular weight excluding hydrogens is 491 g/mol. The second-order valence-corrected chi connectivity index (χ2v) is 7.38.